The molecule has 1 amide bonds. The Morgan fingerprint density at radius 2 is 2.11 bits per heavy atom. The van der Waals surface area contributed by atoms with Gasteiger partial charge in [-0.15, -0.1) is 0 Å². The molecule has 2 fully saturated rings. The number of H-pyrrole nitrogens is 1. The van der Waals surface area contributed by atoms with Gasteiger partial charge >= 0.3 is 0 Å². The van der Waals surface area contributed by atoms with Crippen LogP contribution in [0.3, 0.4) is 0 Å². The van der Waals surface area contributed by atoms with Crippen LogP contribution < -0.4 is 5.32 Å². The van der Waals surface area contributed by atoms with Gasteiger partial charge in [0.2, 0.25) is 5.91 Å². The third kappa shape index (κ3) is 2.99. The lowest BCUT2D eigenvalue weighted by molar-refractivity contribution is -0.124. The monoisotopic (exact) mass is 395 g/mol. The van der Waals surface area contributed by atoms with Gasteiger partial charge in [-0.05, 0) is 61.6 Å². The molecule has 1 aliphatic heterocycles. The van der Waals surface area contributed by atoms with Crippen LogP contribution in [0.25, 0.3) is 11.0 Å². The van der Waals surface area contributed by atoms with Crippen molar-refractivity contribution in [1.29, 1.82) is 0 Å². The van der Waals surface area contributed by atoms with Gasteiger partial charge in [-0.2, -0.15) is 0 Å². The molecule has 1 aliphatic carbocycles. The zero-order chi connectivity index (χ0) is 19.1. The highest BCUT2D eigenvalue weighted by Crippen LogP contribution is 2.45. The summed E-state index contributed by atoms with van der Waals surface area (Å²) in [7, 11) is 0. The maximum absolute atomic E-state index is 13.2. The van der Waals surface area contributed by atoms with E-state index < -0.39 is 5.41 Å². The van der Waals surface area contributed by atoms with E-state index in [9.17, 15) is 4.79 Å². The number of benzene rings is 2. The number of halogens is 1. The maximum Gasteiger partial charge on any atom is 0.235 e. The van der Waals surface area contributed by atoms with E-state index in [2.05, 4.69) is 15.3 Å². The molecule has 1 unspecified atom stereocenters. The molecule has 2 aliphatic rings. The van der Waals surface area contributed by atoms with Crippen LogP contribution in [0.2, 0.25) is 5.02 Å². The first-order chi connectivity index (χ1) is 13.6. The molecule has 28 heavy (non-hydrogen) atoms. The van der Waals surface area contributed by atoms with Gasteiger partial charge in [0.25, 0.3) is 0 Å². The van der Waals surface area contributed by atoms with E-state index in [0.717, 1.165) is 66.8 Å². The molecule has 5 nitrogen and oxygen atoms in total. The van der Waals surface area contributed by atoms with Crippen molar-refractivity contribution in [2.45, 2.75) is 43.6 Å². The van der Waals surface area contributed by atoms with Crippen molar-refractivity contribution in [2.24, 2.45) is 0 Å². The Morgan fingerprint density at radius 3 is 2.82 bits per heavy atom. The van der Waals surface area contributed by atoms with Gasteiger partial charge in [0.1, 0.15) is 11.9 Å². The van der Waals surface area contributed by atoms with E-state index in [-0.39, 0.29) is 12.0 Å². The fourth-order valence-electron chi connectivity index (χ4n) is 4.27. The first-order valence-corrected chi connectivity index (χ1v) is 10.2. The fourth-order valence-corrected chi connectivity index (χ4v) is 4.46. The Kier molecular flexibility index (Phi) is 4.37. The molecule has 2 heterocycles. The molecular formula is C22H22ClN3O2. The SMILES string of the molecule is O=C(Nc1ccc2nc(C3CCCO3)[nH]c2c1)C1(c2cccc(Cl)c2)CCC1. The summed E-state index contributed by atoms with van der Waals surface area (Å²) in [6.07, 6.45) is 4.83. The van der Waals surface area contributed by atoms with E-state index in [1.54, 1.807) is 0 Å². The molecule has 1 saturated heterocycles. The van der Waals surface area contributed by atoms with Crippen molar-refractivity contribution in [3.63, 3.8) is 0 Å². The molecule has 6 heteroatoms. The second-order valence-corrected chi connectivity index (χ2v) is 8.19. The van der Waals surface area contributed by atoms with Crippen LogP contribution in [0.1, 0.15) is 49.6 Å². The first kappa shape index (κ1) is 17.7. The van der Waals surface area contributed by atoms with Crippen molar-refractivity contribution in [1.82, 2.24) is 9.97 Å². The van der Waals surface area contributed by atoms with Crippen LogP contribution in [0, 0.1) is 0 Å². The van der Waals surface area contributed by atoms with Crippen molar-refractivity contribution in [3.05, 3.63) is 58.9 Å². The van der Waals surface area contributed by atoms with Crippen LogP contribution >= 0.6 is 11.6 Å². The van der Waals surface area contributed by atoms with E-state index in [0.29, 0.717) is 5.02 Å². The number of ether oxygens (including phenoxy) is 1. The second-order valence-electron chi connectivity index (χ2n) is 7.76. The summed E-state index contributed by atoms with van der Waals surface area (Å²) >= 11 is 6.17. The molecule has 0 radical (unpaired) electrons. The highest BCUT2D eigenvalue weighted by Gasteiger charge is 2.45. The van der Waals surface area contributed by atoms with Gasteiger partial charge in [0, 0.05) is 17.3 Å². The lowest BCUT2D eigenvalue weighted by Crippen LogP contribution is -2.46. The largest absolute Gasteiger partial charge is 0.370 e. The first-order valence-electron chi connectivity index (χ1n) is 9.83. The van der Waals surface area contributed by atoms with Crippen LogP contribution in [0.15, 0.2) is 42.5 Å². The lowest BCUT2D eigenvalue weighted by Gasteiger charge is -2.40. The minimum absolute atomic E-state index is 0.0271. The number of fused-ring (bicyclic) bond motifs is 1. The summed E-state index contributed by atoms with van der Waals surface area (Å²) in [5.41, 5.74) is 3.07. The summed E-state index contributed by atoms with van der Waals surface area (Å²) in [4.78, 5) is 21.2. The quantitative estimate of drug-likeness (QED) is 0.643. The smallest absolute Gasteiger partial charge is 0.235 e. The lowest BCUT2D eigenvalue weighted by atomic mass is 9.64. The third-order valence-corrected chi connectivity index (χ3v) is 6.25. The average molecular weight is 396 g/mol. The van der Waals surface area contributed by atoms with E-state index in [4.69, 9.17) is 16.3 Å². The summed E-state index contributed by atoms with van der Waals surface area (Å²) in [6.45, 7) is 0.786. The fraction of sp³-hybridized carbons (Fsp3) is 0.364. The molecule has 5 rings (SSSR count). The topological polar surface area (TPSA) is 67.0 Å². The van der Waals surface area contributed by atoms with E-state index in [1.807, 2.05) is 42.5 Å². The predicted octanol–water partition coefficient (Wildman–Crippen LogP) is 5.13. The van der Waals surface area contributed by atoms with Crippen LogP contribution in [-0.2, 0) is 14.9 Å². The third-order valence-electron chi connectivity index (χ3n) is 6.01. The number of aromatic amines is 1. The number of hydrogen-bond acceptors (Lipinski definition) is 3. The van der Waals surface area contributed by atoms with Crippen LogP contribution in [-0.4, -0.2) is 22.5 Å². The van der Waals surface area contributed by atoms with Crippen molar-refractivity contribution >= 4 is 34.2 Å². The zero-order valence-electron chi connectivity index (χ0n) is 15.5. The van der Waals surface area contributed by atoms with Crippen molar-refractivity contribution in [2.75, 3.05) is 11.9 Å². The van der Waals surface area contributed by atoms with Gasteiger partial charge < -0.3 is 15.0 Å². The summed E-state index contributed by atoms with van der Waals surface area (Å²) in [5.74, 6) is 0.893. The van der Waals surface area contributed by atoms with E-state index in [1.165, 1.54) is 0 Å². The van der Waals surface area contributed by atoms with Crippen LogP contribution in [0.5, 0.6) is 0 Å². The standard InChI is InChI=1S/C22H22ClN3O2/c23-15-5-1-4-14(12-15)22(9-3-10-22)21(27)24-16-7-8-17-18(13-16)26-20(25-17)19-6-2-11-28-19/h1,4-5,7-8,12-13,19H,2-3,6,9-11H2,(H,24,27)(H,25,26). The highest BCUT2D eigenvalue weighted by atomic mass is 35.5. The Hall–Kier alpha value is -2.37. The molecule has 3 aromatic rings. The normalized spacial score (nSPS) is 20.8. The Bertz CT molecular complexity index is 1040. The Balaban J connectivity index is 1.40. The second kappa shape index (κ2) is 6.90. The number of rotatable bonds is 4. The molecule has 0 bridgehead atoms. The number of carbonyl (C=O) groups excluding carboxylic acids is 1. The molecule has 2 N–H and O–H groups in total. The molecule has 1 aromatic heterocycles. The molecule has 2 aromatic carbocycles. The van der Waals surface area contributed by atoms with E-state index >= 15 is 0 Å². The molecule has 144 valence electrons. The van der Waals surface area contributed by atoms with Crippen molar-refractivity contribution < 1.29 is 9.53 Å². The predicted molar refractivity (Wildman–Crippen MR) is 110 cm³/mol. The average Bonchev–Trinajstić information content (AvgIpc) is 3.30. The van der Waals surface area contributed by atoms with Gasteiger partial charge in [-0.25, -0.2) is 4.98 Å². The number of carbonyl (C=O) groups is 1. The number of anilines is 1. The minimum atomic E-state index is -0.489. The van der Waals surface area contributed by atoms with Gasteiger partial charge in [0.15, 0.2) is 0 Å². The number of imidazole rings is 1. The molecule has 1 atom stereocenters. The van der Waals surface area contributed by atoms with Gasteiger partial charge in [0.05, 0.1) is 16.4 Å². The van der Waals surface area contributed by atoms with Gasteiger partial charge in [-0.1, -0.05) is 30.2 Å². The summed E-state index contributed by atoms with van der Waals surface area (Å²) in [5, 5.41) is 3.78. The minimum Gasteiger partial charge on any atom is -0.370 e. The number of amides is 1. The molecule has 1 saturated carbocycles. The maximum atomic E-state index is 13.2. The Morgan fingerprint density at radius 1 is 1.21 bits per heavy atom. The number of nitrogens with one attached hydrogen (secondary N) is 2. The molecule has 0 spiro atoms. The zero-order valence-corrected chi connectivity index (χ0v) is 16.3. The molecular weight excluding hydrogens is 374 g/mol. The van der Waals surface area contributed by atoms with Gasteiger partial charge in [-0.3, -0.25) is 4.79 Å². The highest BCUT2D eigenvalue weighted by molar-refractivity contribution is 6.30. The summed E-state index contributed by atoms with van der Waals surface area (Å²) < 4.78 is 5.71. The summed E-state index contributed by atoms with van der Waals surface area (Å²) in [6, 6.07) is 13.4. The van der Waals surface area contributed by atoms with Crippen LogP contribution in [0.4, 0.5) is 5.69 Å². The van der Waals surface area contributed by atoms with Crippen molar-refractivity contribution in [3.8, 4) is 0 Å². The number of nitrogens with zero attached hydrogens (tertiary/aromatic N) is 1. The Labute approximate surface area is 168 Å². The number of hydrogen-bond donors (Lipinski definition) is 2. The number of aromatic nitrogens is 2.